The standard InChI is InChI=1S/C19H15FN6O3S/c20-13-2-7-17-23-15(12-26(17)11-13)10-18(27)24-14-3-5-16(6-4-14)30(28,29)25-19-21-8-1-9-22-19/h1-9,11-12H,10H2,(H,24,27)(H,21,22,25). The van der Waals surface area contributed by atoms with Crippen LogP contribution < -0.4 is 10.0 Å². The lowest BCUT2D eigenvalue weighted by Crippen LogP contribution is -2.16. The Hall–Kier alpha value is -3.86. The Balaban J connectivity index is 1.41. The number of hydrogen-bond donors (Lipinski definition) is 2. The van der Waals surface area contributed by atoms with Gasteiger partial charge in [0.15, 0.2) is 0 Å². The van der Waals surface area contributed by atoms with Crippen LogP contribution in [0.3, 0.4) is 0 Å². The van der Waals surface area contributed by atoms with E-state index in [1.54, 1.807) is 12.3 Å². The molecular formula is C19H15FN6O3S. The van der Waals surface area contributed by atoms with Gasteiger partial charge < -0.3 is 9.72 Å². The Labute approximate surface area is 170 Å². The molecule has 0 aliphatic rings. The number of anilines is 2. The monoisotopic (exact) mass is 426 g/mol. The second kappa shape index (κ2) is 7.87. The van der Waals surface area contributed by atoms with Crippen LogP contribution in [-0.4, -0.2) is 33.7 Å². The number of imidazole rings is 1. The molecule has 30 heavy (non-hydrogen) atoms. The number of aromatic nitrogens is 4. The molecule has 1 amide bonds. The van der Waals surface area contributed by atoms with Crippen LogP contribution in [0.2, 0.25) is 0 Å². The number of benzene rings is 1. The molecule has 0 atom stereocenters. The first-order valence-electron chi connectivity index (χ1n) is 8.72. The normalized spacial score (nSPS) is 11.4. The maximum absolute atomic E-state index is 13.3. The number of carbonyl (C=O) groups is 1. The SMILES string of the molecule is O=C(Cc1cn2cc(F)ccc2n1)Nc1ccc(S(=O)(=O)Nc2ncccn2)cc1. The summed E-state index contributed by atoms with van der Waals surface area (Å²) in [6.45, 7) is 0. The molecule has 0 unspecified atom stereocenters. The topological polar surface area (TPSA) is 118 Å². The van der Waals surface area contributed by atoms with E-state index in [2.05, 4.69) is 25.0 Å². The van der Waals surface area contributed by atoms with Gasteiger partial charge in [-0.2, -0.15) is 0 Å². The van der Waals surface area contributed by atoms with Crippen molar-refractivity contribution < 1.29 is 17.6 Å². The van der Waals surface area contributed by atoms with Crippen molar-refractivity contribution in [3.63, 3.8) is 0 Å². The van der Waals surface area contributed by atoms with Gasteiger partial charge in [0, 0.05) is 30.5 Å². The maximum Gasteiger partial charge on any atom is 0.264 e. The molecule has 4 aromatic rings. The van der Waals surface area contributed by atoms with Crippen LogP contribution in [-0.2, 0) is 21.2 Å². The van der Waals surface area contributed by atoms with Gasteiger partial charge in [0.1, 0.15) is 11.5 Å². The number of pyridine rings is 1. The maximum atomic E-state index is 13.3. The van der Waals surface area contributed by atoms with Crippen molar-refractivity contribution in [1.82, 2.24) is 19.4 Å². The highest BCUT2D eigenvalue weighted by atomic mass is 32.2. The summed E-state index contributed by atoms with van der Waals surface area (Å²) in [4.78, 5) is 24.2. The van der Waals surface area contributed by atoms with E-state index in [9.17, 15) is 17.6 Å². The van der Waals surface area contributed by atoms with E-state index in [4.69, 9.17) is 0 Å². The van der Waals surface area contributed by atoms with Crippen molar-refractivity contribution in [3.05, 3.63) is 78.8 Å². The minimum absolute atomic E-state index is 0.00432. The number of halogens is 1. The second-order valence-corrected chi connectivity index (χ2v) is 7.95. The molecule has 2 N–H and O–H groups in total. The van der Waals surface area contributed by atoms with Crippen LogP contribution in [0.4, 0.5) is 16.0 Å². The van der Waals surface area contributed by atoms with E-state index >= 15 is 0 Å². The smallest absolute Gasteiger partial charge is 0.264 e. The van der Waals surface area contributed by atoms with E-state index < -0.39 is 15.8 Å². The van der Waals surface area contributed by atoms with Gasteiger partial charge in [-0.3, -0.25) is 4.79 Å². The van der Waals surface area contributed by atoms with E-state index in [1.165, 1.54) is 59.4 Å². The van der Waals surface area contributed by atoms with Crippen molar-refractivity contribution >= 4 is 33.2 Å². The lowest BCUT2D eigenvalue weighted by atomic mass is 10.3. The largest absolute Gasteiger partial charge is 0.326 e. The zero-order chi connectivity index (χ0) is 21.1. The predicted molar refractivity (Wildman–Crippen MR) is 107 cm³/mol. The summed E-state index contributed by atoms with van der Waals surface area (Å²) < 4.78 is 41.8. The Morgan fingerprint density at radius 2 is 1.77 bits per heavy atom. The fraction of sp³-hybridized carbons (Fsp3) is 0.0526. The van der Waals surface area contributed by atoms with Crippen molar-refractivity contribution in [2.75, 3.05) is 10.0 Å². The highest BCUT2D eigenvalue weighted by molar-refractivity contribution is 7.92. The van der Waals surface area contributed by atoms with Crippen molar-refractivity contribution in [2.24, 2.45) is 0 Å². The third-order valence-corrected chi connectivity index (χ3v) is 5.39. The molecule has 0 fully saturated rings. The number of carbonyl (C=O) groups excluding carboxylic acids is 1. The Morgan fingerprint density at radius 1 is 1.03 bits per heavy atom. The molecule has 0 spiro atoms. The van der Waals surface area contributed by atoms with E-state index in [0.29, 0.717) is 17.0 Å². The van der Waals surface area contributed by atoms with E-state index in [1.807, 2.05) is 0 Å². The fourth-order valence-electron chi connectivity index (χ4n) is 2.72. The summed E-state index contributed by atoms with van der Waals surface area (Å²) in [5.41, 5.74) is 1.43. The van der Waals surface area contributed by atoms with Crippen LogP contribution in [0, 0.1) is 5.82 Å². The van der Waals surface area contributed by atoms with Gasteiger partial charge >= 0.3 is 0 Å². The molecule has 4 rings (SSSR count). The molecule has 0 aliphatic carbocycles. The Bertz CT molecular complexity index is 1310. The number of nitrogens with zero attached hydrogens (tertiary/aromatic N) is 4. The number of hydrogen-bond acceptors (Lipinski definition) is 6. The van der Waals surface area contributed by atoms with Crippen LogP contribution in [0.5, 0.6) is 0 Å². The summed E-state index contributed by atoms with van der Waals surface area (Å²) in [6.07, 6.45) is 5.67. The van der Waals surface area contributed by atoms with Crippen molar-refractivity contribution in [1.29, 1.82) is 0 Å². The first-order chi connectivity index (χ1) is 14.4. The lowest BCUT2D eigenvalue weighted by molar-refractivity contribution is -0.115. The predicted octanol–water partition coefficient (Wildman–Crippen LogP) is 2.25. The third-order valence-electron chi connectivity index (χ3n) is 4.05. The highest BCUT2D eigenvalue weighted by Gasteiger charge is 2.16. The fourth-order valence-corrected chi connectivity index (χ4v) is 3.68. The minimum atomic E-state index is -3.86. The second-order valence-electron chi connectivity index (χ2n) is 6.27. The molecule has 3 heterocycles. The first kappa shape index (κ1) is 19.5. The molecule has 0 saturated carbocycles. The van der Waals surface area contributed by atoms with E-state index in [0.717, 1.165) is 0 Å². The van der Waals surface area contributed by atoms with Gasteiger partial charge in [0.25, 0.3) is 10.0 Å². The number of fused-ring (bicyclic) bond motifs is 1. The Kier molecular flexibility index (Phi) is 5.11. The van der Waals surface area contributed by atoms with Crippen LogP contribution in [0.1, 0.15) is 5.69 Å². The summed E-state index contributed by atoms with van der Waals surface area (Å²) in [5.74, 6) is -0.785. The minimum Gasteiger partial charge on any atom is -0.326 e. The quantitative estimate of drug-likeness (QED) is 0.488. The van der Waals surface area contributed by atoms with Crippen molar-refractivity contribution in [2.45, 2.75) is 11.3 Å². The number of amides is 1. The molecule has 1 aromatic carbocycles. The summed E-state index contributed by atoms with van der Waals surface area (Å²) in [7, 11) is -3.86. The lowest BCUT2D eigenvalue weighted by Gasteiger charge is -2.08. The average molecular weight is 426 g/mol. The summed E-state index contributed by atoms with van der Waals surface area (Å²) >= 11 is 0. The third kappa shape index (κ3) is 4.41. The summed E-state index contributed by atoms with van der Waals surface area (Å²) in [5, 5.41) is 2.67. The number of nitrogens with one attached hydrogen (secondary N) is 2. The molecule has 152 valence electrons. The van der Waals surface area contributed by atoms with Crippen LogP contribution in [0.25, 0.3) is 5.65 Å². The zero-order valence-electron chi connectivity index (χ0n) is 15.4. The average Bonchev–Trinajstić information content (AvgIpc) is 3.10. The van der Waals surface area contributed by atoms with Gasteiger partial charge in [-0.25, -0.2) is 32.5 Å². The molecule has 0 bridgehead atoms. The van der Waals surface area contributed by atoms with Gasteiger partial charge in [0.05, 0.1) is 17.0 Å². The molecule has 0 saturated heterocycles. The zero-order valence-corrected chi connectivity index (χ0v) is 16.2. The number of rotatable bonds is 6. The number of sulfonamides is 1. The molecule has 0 radical (unpaired) electrons. The van der Waals surface area contributed by atoms with Gasteiger partial charge in [-0.1, -0.05) is 0 Å². The van der Waals surface area contributed by atoms with Crippen LogP contribution in [0.15, 0.2) is 72.1 Å². The van der Waals surface area contributed by atoms with Gasteiger partial charge in [0.2, 0.25) is 11.9 Å². The molecular weight excluding hydrogens is 411 g/mol. The van der Waals surface area contributed by atoms with E-state index in [-0.39, 0.29) is 23.2 Å². The van der Waals surface area contributed by atoms with Crippen molar-refractivity contribution in [3.8, 4) is 0 Å². The summed E-state index contributed by atoms with van der Waals surface area (Å²) in [6, 6.07) is 10.0. The molecule has 0 aliphatic heterocycles. The Morgan fingerprint density at radius 3 is 2.50 bits per heavy atom. The molecule has 3 aromatic heterocycles. The highest BCUT2D eigenvalue weighted by Crippen LogP contribution is 2.17. The van der Waals surface area contributed by atoms with Crippen LogP contribution >= 0.6 is 0 Å². The molecule has 9 nitrogen and oxygen atoms in total. The van der Waals surface area contributed by atoms with Gasteiger partial charge in [-0.05, 0) is 42.5 Å². The first-order valence-corrected chi connectivity index (χ1v) is 10.2. The van der Waals surface area contributed by atoms with Gasteiger partial charge in [-0.15, -0.1) is 0 Å². The molecule has 11 heteroatoms.